The first-order valence-electron chi connectivity index (χ1n) is 8.56. The molecule has 2 aromatic carbocycles. The van der Waals surface area contributed by atoms with E-state index in [2.05, 4.69) is 17.1 Å². The molecule has 0 aliphatic heterocycles. The molecule has 4 rings (SSSR count). The maximum Gasteiger partial charge on any atom is 0.305 e. The van der Waals surface area contributed by atoms with Crippen molar-refractivity contribution < 1.29 is 13.9 Å². The third-order valence-corrected chi connectivity index (χ3v) is 4.34. The molecule has 0 bridgehead atoms. The zero-order chi connectivity index (χ0) is 17.2. The van der Waals surface area contributed by atoms with Gasteiger partial charge in [-0.3, -0.25) is 4.79 Å². The largest absolute Gasteiger partial charge is 0.462 e. The van der Waals surface area contributed by atoms with E-state index in [0.717, 1.165) is 28.6 Å². The normalized spacial score (nSPS) is 19.4. The Morgan fingerprint density at radius 3 is 2.80 bits per heavy atom. The van der Waals surface area contributed by atoms with Crippen LogP contribution in [0.3, 0.4) is 0 Å². The van der Waals surface area contributed by atoms with Crippen molar-refractivity contribution in [3.8, 4) is 11.5 Å². The second-order valence-electron chi connectivity index (χ2n) is 6.25. The second kappa shape index (κ2) is 6.55. The molecule has 1 heterocycles. The van der Waals surface area contributed by atoms with Gasteiger partial charge in [-0.05, 0) is 36.2 Å². The summed E-state index contributed by atoms with van der Waals surface area (Å²) in [5.74, 6) is 0.848. The van der Waals surface area contributed by atoms with Crippen molar-refractivity contribution in [2.24, 2.45) is 5.92 Å². The van der Waals surface area contributed by atoms with Gasteiger partial charge >= 0.3 is 5.97 Å². The molecule has 0 radical (unpaired) electrons. The van der Waals surface area contributed by atoms with Gasteiger partial charge in [0.2, 0.25) is 5.89 Å². The Hall–Kier alpha value is -2.88. The molecule has 1 fully saturated rings. The molecule has 1 aliphatic rings. The number of ether oxygens (including phenoxy) is 1. The van der Waals surface area contributed by atoms with E-state index < -0.39 is 0 Å². The second-order valence-corrected chi connectivity index (χ2v) is 6.25. The van der Waals surface area contributed by atoms with Crippen LogP contribution in [0.4, 0.5) is 0 Å². The molecule has 3 aromatic rings. The lowest BCUT2D eigenvalue weighted by Gasteiger charge is -1.99. The van der Waals surface area contributed by atoms with Crippen LogP contribution in [0.2, 0.25) is 0 Å². The predicted octanol–water partition coefficient (Wildman–Crippen LogP) is 4.85. The summed E-state index contributed by atoms with van der Waals surface area (Å²) in [6, 6.07) is 15.8. The molecule has 0 saturated heterocycles. The Bertz CT molecular complexity index is 891. The molecule has 1 saturated carbocycles. The summed E-state index contributed by atoms with van der Waals surface area (Å²) in [5, 5.41) is 0. The summed E-state index contributed by atoms with van der Waals surface area (Å²) in [6.45, 7) is 1.81. The van der Waals surface area contributed by atoms with Gasteiger partial charge in [-0.2, -0.15) is 0 Å². The van der Waals surface area contributed by atoms with E-state index in [1.54, 1.807) is 0 Å². The molecule has 25 heavy (non-hydrogen) atoms. The van der Waals surface area contributed by atoms with Gasteiger partial charge in [0, 0.05) is 17.9 Å². The van der Waals surface area contributed by atoms with Crippen molar-refractivity contribution >= 4 is 23.1 Å². The van der Waals surface area contributed by atoms with Crippen LogP contribution in [0.1, 0.15) is 25.3 Å². The molecule has 1 aliphatic carbocycles. The number of hydrogen-bond acceptors (Lipinski definition) is 4. The number of para-hydroxylation sites is 2. The van der Waals surface area contributed by atoms with E-state index >= 15 is 0 Å². The Labute approximate surface area is 146 Å². The fourth-order valence-electron chi connectivity index (χ4n) is 2.75. The summed E-state index contributed by atoms with van der Waals surface area (Å²) in [4.78, 5) is 15.8. The lowest BCUT2D eigenvalue weighted by atomic mass is 10.1. The van der Waals surface area contributed by atoms with Crippen LogP contribution in [0, 0.1) is 5.92 Å². The molecule has 1 aromatic heterocycles. The maximum absolute atomic E-state index is 11.3. The Kier molecular flexibility index (Phi) is 4.10. The lowest BCUT2D eigenvalue weighted by Crippen LogP contribution is -2.05. The monoisotopic (exact) mass is 333 g/mol. The molecule has 2 unspecified atom stereocenters. The zero-order valence-corrected chi connectivity index (χ0v) is 14.0. The van der Waals surface area contributed by atoms with Crippen LogP contribution in [-0.2, 0) is 9.53 Å². The van der Waals surface area contributed by atoms with Crippen LogP contribution in [0.15, 0.2) is 59.0 Å². The Morgan fingerprint density at radius 1 is 1.24 bits per heavy atom. The number of hydrogen-bond donors (Lipinski definition) is 0. The van der Waals surface area contributed by atoms with Gasteiger partial charge in [-0.1, -0.05) is 43.3 Å². The highest BCUT2D eigenvalue weighted by molar-refractivity contribution is 5.76. The maximum atomic E-state index is 11.3. The van der Waals surface area contributed by atoms with Gasteiger partial charge < -0.3 is 9.15 Å². The number of carbonyl (C=O) groups is 1. The topological polar surface area (TPSA) is 52.3 Å². The van der Waals surface area contributed by atoms with Crippen molar-refractivity contribution in [3.63, 3.8) is 0 Å². The van der Waals surface area contributed by atoms with E-state index in [-0.39, 0.29) is 12.1 Å². The molecular formula is C21H19NO3. The molecule has 4 heteroatoms. The van der Waals surface area contributed by atoms with E-state index in [9.17, 15) is 4.79 Å². The highest BCUT2D eigenvalue weighted by Crippen LogP contribution is 2.36. The van der Waals surface area contributed by atoms with Gasteiger partial charge in [-0.25, -0.2) is 4.98 Å². The summed E-state index contributed by atoms with van der Waals surface area (Å²) >= 11 is 0. The average molecular weight is 333 g/mol. The van der Waals surface area contributed by atoms with E-state index in [1.165, 1.54) is 0 Å². The fraction of sp³-hybridized carbons (Fsp3) is 0.238. The van der Waals surface area contributed by atoms with Crippen molar-refractivity contribution in [3.05, 3.63) is 60.2 Å². The van der Waals surface area contributed by atoms with Gasteiger partial charge in [0.15, 0.2) is 5.58 Å². The summed E-state index contributed by atoms with van der Waals surface area (Å²) < 4.78 is 11.1. The van der Waals surface area contributed by atoms with E-state index in [4.69, 9.17) is 9.15 Å². The van der Waals surface area contributed by atoms with Gasteiger partial charge in [0.05, 0.1) is 0 Å². The average Bonchev–Trinajstić information content (AvgIpc) is 3.23. The lowest BCUT2D eigenvalue weighted by molar-refractivity contribution is -0.144. The highest BCUT2D eigenvalue weighted by Gasteiger charge is 2.38. The van der Waals surface area contributed by atoms with E-state index in [1.807, 2.05) is 55.5 Å². The number of oxazole rings is 1. The minimum Gasteiger partial charge on any atom is -0.462 e. The van der Waals surface area contributed by atoms with Crippen LogP contribution in [0.5, 0.6) is 0 Å². The summed E-state index contributed by atoms with van der Waals surface area (Å²) in [6.07, 6.45) is 5.60. The van der Waals surface area contributed by atoms with Gasteiger partial charge in [0.1, 0.15) is 11.6 Å². The zero-order valence-electron chi connectivity index (χ0n) is 14.0. The first-order chi connectivity index (χ1) is 12.2. The third kappa shape index (κ3) is 3.48. The van der Waals surface area contributed by atoms with E-state index in [0.29, 0.717) is 18.2 Å². The Morgan fingerprint density at radius 2 is 2.04 bits per heavy atom. The number of nitrogens with zero attached hydrogens (tertiary/aromatic N) is 1. The molecule has 4 nitrogen and oxygen atoms in total. The number of esters is 1. The molecule has 2 atom stereocenters. The Balaban J connectivity index is 1.42. The fourth-order valence-corrected chi connectivity index (χ4v) is 2.75. The van der Waals surface area contributed by atoms with Crippen molar-refractivity contribution in [2.45, 2.75) is 25.9 Å². The van der Waals surface area contributed by atoms with Crippen molar-refractivity contribution in [2.75, 3.05) is 0 Å². The first-order valence-corrected chi connectivity index (χ1v) is 8.56. The quantitative estimate of drug-likeness (QED) is 0.626. The minimum absolute atomic E-state index is 0.0581. The first kappa shape index (κ1) is 15.6. The smallest absolute Gasteiger partial charge is 0.305 e. The highest BCUT2D eigenvalue weighted by atomic mass is 16.5. The van der Waals surface area contributed by atoms with Crippen molar-refractivity contribution in [1.82, 2.24) is 4.98 Å². The van der Waals surface area contributed by atoms with Crippen molar-refractivity contribution in [1.29, 1.82) is 0 Å². The molecule has 0 spiro atoms. The number of carbonyl (C=O) groups excluding carboxylic acids is 1. The number of rotatable bonds is 5. The molecular weight excluding hydrogens is 314 g/mol. The number of aromatic nitrogens is 1. The molecule has 0 amide bonds. The number of benzene rings is 2. The number of fused-ring (bicyclic) bond motifs is 1. The van der Waals surface area contributed by atoms with Crippen LogP contribution in [-0.4, -0.2) is 17.1 Å². The van der Waals surface area contributed by atoms with Gasteiger partial charge in [0.25, 0.3) is 0 Å². The summed E-state index contributed by atoms with van der Waals surface area (Å²) in [5.41, 5.74) is 3.72. The van der Waals surface area contributed by atoms with Gasteiger partial charge in [-0.15, -0.1) is 0 Å². The molecule has 126 valence electrons. The van der Waals surface area contributed by atoms with Crippen LogP contribution >= 0.6 is 0 Å². The standard InChI is InChI=1S/C21H19NO3/c1-2-20(23)24-19-13-16(19)12-9-14-7-10-15(11-8-14)21-22-17-5-3-4-6-18(17)25-21/h3-12,16,19H,2,13H2,1H3/b12-9-. The van der Waals surface area contributed by atoms with Crippen LogP contribution < -0.4 is 0 Å². The molecule has 0 N–H and O–H groups in total. The SMILES string of the molecule is CCC(=O)OC1CC1/C=C\c1ccc(-c2nc3ccccc3o2)cc1. The third-order valence-electron chi connectivity index (χ3n) is 4.34. The summed E-state index contributed by atoms with van der Waals surface area (Å²) in [7, 11) is 0. The minimum atomic E-state index is -0.122. The predicted molar refractivity (Wildman–Crippen MR) is 96.8 cm³/mol. The van der Waals surface area contributed by atoms with Crippen LogP contribution in [0.25, 0.3) is 28.6 Å².